The largest absolute Gasteiger partial charge is 0.493 e. The molecule has 5 heteroatoms. The molecular formula is C19H18BrNO3. The van der Waals surface area contributed by atoms with Gasteiger partial charge < -0.3 is 14.4 Å². The van der Waals surface area contributed by atoms with Crippen LogP contribution in [0.25, 0.3) is 11.6 Å². The first-order valence-electron chi connectivity index (χ1n) is 7.65. The van der Waals surface area contributed by atoms with E-state index < -0.39 is 0 Å². The van der Waals surface area contributed by atoms with E-state index in [4.69, 9.17) is 9.47 Å². The third-order valence-corrected chi connectivity index (χ3v) is 4.51. The number of likely N-dealkylation sites (N-methyl/N-ethyl adjacent to an activating group) is 1. The molecule has 4 nitrogen and oxygen atoms in total. The van der Waals surface area contributed by atoms with Crippen molar-refractivity contribution < 1.29 is 14.3 Å². The Kier molecular flexibility index (Phi) is 4.62. The maximum Gasteiger partial charge on any atom is 0.258 e. The fourth-order valence-corrected chi connectivity index (χ4v) is 3.44. The minimum absolute atomic E-state index is 0.000282. The summed E-state index contributed by atoms with van der Waals surface area (Å²) in [6, 6.07) is 11.6. The summed E-state index contributed by atoms with van der Waals surface area (Å²) in [6.45, 7) is 2.60. The van der Waals surface area contributed by atoms with Crippen molar-refractivity contribution in [2.75, 3.05) is 25.7 Å². The van der Waals surface area contributed by atoms with E-state index in [1.807, 2.05) is 49.4 Å². The molecule has 0 atom stereocenters. The van der Waals surface area contributed by atoms with Crippen LogP contribution >= 0.6 is 15.9 Å². The SMILES string of the molecule is CCN1C(=O)/C(=C/c2cc(Br)cc(OC)c2OC)c2ccccc21. The first-order chi connectivity index (χ1) is 11.6. The number of fused-ring (bicyclic) bond motifs is 1. The summed E-state index contributed by atoms with van der Waals surface area (Å²) in [7, 11) is 3.19. The summed E-state index contributed by atoms with van der Waals surface area (Å²) in [6.07, 6.45) is 1.86. The van der Waals surface area contributed by atoms with Crippen LogP contribution in [0.1, 0.15) is 18.1 Å². The topological polar surface area (TPSA) is 38.8 Å². The molecule has 1 aliphatic heterocycles. The highest BCUT2D eigenvalue weighted by Gasteiger charge is 2.31. The second-order valence-corrected chi connectivity index (χ2v) is 6.27. The minimum Gasteiger partial charge on any atom is -0.493 e. The van der Waals surface area contributed by atoms with Crippen molar-refractivity contribution in [3.05, 3.63) is 52.0 Å². The van der Waals surface area contributed by atoms with Crippen molar-refractivity contribution in [3.8, 4) is 11.5 Å². The van der Waals surface area contributed by atoms with Gasteiger partial charge in [0.2, 0.25) is 0 Å². The van der Waals surface area contributed by atoms with Gasteiger partial charge in [-0.25, -0.2) is 0 Å². The Morgan fingerprint density at radius 1 is 1.17 bits per heavy atom. The van der Waals surface area contributed by atoms with Crippen molar-refractivity contribution in [2.24, 2.45) is 0 Å². The van der Waals surface area contributed by atoms with Crippen LogP contribution in [-0.4, -0.2) is 26.7 Å². The highest BCUT2D eigenvalue weighted by atomic mass is 79.9. The number of carbonyl (C=O) groups excluding carboxylic acids is 1. The number of amides is 1. The number of anilines is 1. The van der Waals surface area contributed by atoms with E-state index in [0.717, 1.165) is 21.3 Å². The van der Waals surface area contributed by atoms with Gasteiger partial charge in [-0.15, -0.1) is 0 Å². The van der Waals surface area contributed by atoms with Gasteiger partial charge in [-0.3, -0.25) is 4.79 Å². The van der Waals surface area contributed by atoms with Crippen molar-refractivity contribution in [1.29, 1.82) is 0 Å². The van der Waals surface area contributed by atoms with Crippen molar-refractivity contribution in [2.45, 2.75) is 6.92 Å². The number of benzene rings is 2. The molecule has 0 fully saturated rings. The lowest BCUT2D eigenvalue weighted by molar-refractivity contribution is -0.112. The van der Waals surface area contributed by atoms with Crippen LogP contribution in [0.2, 0.25) is 0 Å². The predicted octanol–water partition coefficient (Wildman–Crippen LogP) is 4.37. The van der Waals surface area contributed by atoms with Gasteiger partial charge in [-0.2, -0.15) is 0 Å². The Labute approximate surface area is 149 Å². The average molecular weight is 388 g/mol. The standard InChI is InChI=1S/C19H18BrNO3/c1-4-21-16-8-6-5-7-14(16)15(19(21)22)10-12-9-13(20)11-17(23-2)18(12)24-3/h5-11H,4H2,1-3H3/b15-10+. The first kappa shape index (κ1) is 16.6. The Hall–Kier alpha value is -2.27. The summed E-state index contributed by atoms with van der Waals surface area (Å²) >= 11 is 3.48. The zero-order valence-corrected chi connectivity index (χ0v) is 15.4. The first-order valence-corrected chi connectivity index (χ1v) is 8.44. The second-order valence-electron chi connectivity index (χ2n) is 5.36. The molecule has 0 aromatic heterocycles. The molecule has 24 heavy (non-hydrogen) atoms. The average Bonchev–Trinajstić information content (AvgIpc) is 2.86. The fourth-order valence-electron chi connectivity index (χ4n) is 2.98. The van der Waals surface area contributed by atoms with Crippen molar-refractivity contribution in [1.82, 2.24) is 0 Å². The number of methoxy groups -OCH3 is 2. The van der Waals surface area contributed by atoms with E-state index in [-0.39, 0.29) is 5.91 Å². The lowest BCUT2D eigenvalue weighted by Gasteiger charge is -2.13. The lowest BCUT2D eigenvalue weighted by Crippen LogP contribution is -2.25. The van der Waals surface area contributed by atoms with Gasteiger partial charge in [-0.05, 0) is 31.2 Å². The van der Waals surface area contributed by atoms with Gasteiger partial charge >= 0.3 is 0 Å². The quantitative estimate of drug-likeness (QED) is 0.730. The molecule has 0 unspecified atom stereocenters. The molecule has 2 aromatic carbocycles. The van der Waals surface area contributed by atoms with Crippen LogP contribution < -0.4 is 14.4 Å². The molecule has 1 amide bonds. The van der Waals surface area contributed by atoms with Crippen LogP contribution in [0.3, 0.4) is 0 Å². The van der Waals surface area contributed by atoms with Crippen molar-refractivity contribution in [3.63, 3.8) is 0 Å². The maximum atomic E-state index is 12.8. The summed E-state index contributed by atoms with van der Waals surface area (Å²) in [5.41, 5.74) is 3.33. The monoisotopic (exact) mass is 387 g/mol. The zero-order valence-electron chi connectivity index (χ0n) is 13.8. The molecule has 0 N–H and O–H groups in total. The summed E-state index contributed by atoms with van der Waals surface area (Å²) in [5, 5.41) is 0. The van der Waals surface area contributed by atoms with Crippen molar-refractivity contribution >= 4 is 39.2 Å². The molecule has 1 aliphatic rings. The molecule has 0 bridgehead atoms. The lowest BCUT2D eigenvalue weighted by atomic mass is 10.0. The fraction of sp³-hybridized carbons (Fsp3) is 0.211. The Morgan fingerprint density at radius 2 is 1.92 bits per heavy atom. The second kappa shape index (κ2) is 6.69. The Bertz CT molecular complexity index is 829. The molecule has 0 spiro atoms. The number of carbonyl (C=O) groups is 1. The van der Waals surface area contributed by atoms with Crippen LogP contribution in [0.5, 0.6) is 11.5 Å². The van der Waals surface area contributed by atoms with Crippen LogP contribution in [0, 0.1) is 0 Å². The van der Waals surface area contributed by atoms with E-state index in [2.05, 4.69) is 15.9 Å². The van der Waals surface area contributed by atoms with E-state index in [9.17, 15) is 4.79 Å². The third kappa shape index (κ3) is 2.69. The van der Waals surface area contributed by atoms with Crippen LogP contribution in [-0.2, 0) is 4.79 Å². The molecule has 0 saturated carbocycles. The normalized spacial score (nSPS) is 14.9. The molecule has 0 saturated heterocycles. The summed E-state index contributed by atoms with van der Waals surface area (Å²) < 4.78 is 11.7. The molecule has 0 radical (unpaired) electrons. The number of nitrogens with zero attached hydrogens (tertiary/aromatic N) is 1. The number of hydrogen-bond donors (Lipinski definition) is 0. The summed E-state index contributed by atoms with van der Waals surface area (Å²) in [4.78, 5) is 14.6. The van der Waals surface area contributed by atoms with Gasteiger partial charge in [0.15, 0.2) is 11.5 Å². The van der Waals surface area contributed by atoms with Crippen LogP contribution in [0.15, 0.2) is 40.9 Å². The van der Waals surface area contributed by atoms with E-state index >= 15 is 0 Å². The number of para-hydroxylation sites is 1. The van der Waals surface area contributed by atoms with Gasteiger partial charge in [-0.1, -0.05) is 34.1 Å². The summed E-state index contributed by atoms with van der Waals surface area (Å²) in [5.74, 6) is 1.22. The molecule has 3 rings (SSSR count). The maximum absolute atomic E-state index is 12.8. The highest BCUT2D eigenvalue weighted by molar-refractivity contribution is 9.10. The van der Waals surface area contributed by atoms with Gasteiger partial charge in [0.05, 0.1) is 19.9 Å². The smallest absolute Gasteiger partial charge is 0.258 e. The van der Waals surface area contributed by atoms with Gasteiger partial charge in [0, 0.05) is 27.7 Å². The number of rotatable bonds is 4. The molecule has 2 aromatic rings. The molecule has 0 aliphatic carbocycles. The van der Waals surface area contributed by atoms with Crippen LogP contribution in [0.4, 0.5) is 5.69 Å². The highest BCUT2D eigenvalue weighted by Crippen LogP contribution is 2.41. The molecule has 124 valence electrons. The van der Waals surface area contributed by atoms with Gasteiger partial charge in [0.1, 0.15) is 0 Å². The minimum atomic E-state index is -0.000282. The Morgan fingerprint density at radius 3 is 2.58 bits per heavy atom. The van der Waals surface area contributed by atoms with Gasteiger partial charge in [0.25, 0.3) is 5.91 Å². The van der Waals surface area contributed by atoms with E-state index in [1.54, 1.807) is 19.1 Å². The molecular weight excluding hydrogens is 370 g/mol. The Balaban J connectivity index is 2.19. The molecule has 1 heterocycles. The van der Waals surface area contributed by atoms with E-state index in [0.29, 0.717) is 23.6 Å². The van der Waals surface area contributed by atoms with E-state index in [1.165, 1.54) is 0 Å². The zero-order chi connectivity index (χ0) is 17.3. The number of ether oxygens (including phenoxy) is 2. The third-order valence-electron chi connectivity index (χ3n) is 4.05. The predicted molar refractivity (Wildman–Crippen MR) is 99.6 cm³/mol. The number of halogens is 1. The number of hydrogen-bond acceptors (Lipinski definition) is 3.